The summed E-state index contributed by atoms with van der Waals surface area (Å²) in [4.78, 5) is 4.35. The quantitative estimate of drug-likeness (QED) is 0.388. The second-order valence-electron chi connectivity index (χ2n) is 6.86. The van der Waals surface area contributed by atoms with Gasteiger partial charge < -0.3 is 20.3 Å². The van der Waals surface area contributed by atoms with Crippen molar-refractivity contribution in [1.29, 1.82) is 0 Å². The average Bonchev–Trinajstić information content (AvgIpc) is 3.04. The molecule has 4 rings (SSSR count). The fourth-order valence-corrected chi connectivity index (χ4v) is 3.72. The molecule has 0 spiro atoms. The second-order valence-corrected chi connectivity index (χ2v) is 7.30. The smallest absolute Gasteiger partial charge is 0.124 e. The molecule has 134 valence electrons. The maximum absolute atomic E-state index is 12.7. The lowest BCUT2D eigenvalue weighted by Crippen LogP contribution is -2.37. The van der Waals surface area contributed by atoms with Crippen molar-refractivity contribution in [3.8, 4) is 5.75 Å². The number of pyridine rings is 1. The van der Waals surface area contributed by atoms with E-state index in [1.165, 1.54) is 0 Å². The van der Waals surface area contributed by atoms with E-state index in [1.54, 1.807) is 18.3 Å². The van der Waals surface area contributed by atoms with Crippen molar-refractivity contribution in [2.45, 2.75) is 19.4 Å². The van der Waals surface area contributed by atoms with Crippen molar-refractivity contribution in [2.75, 3.05) is 18.4 Å². The summed E-state index contributed by atoms with van der Waals surface area (Å²) in [6.07, 6.45) is 3.63. The van der Waals surface area contributed by atoms with Gasteiger partial charge in [0.15, 0.2) is 0 Å². The Kier molecular flexibility index (Phi) is 4.44. The number of benzene rings is 2. The molecule has 1 aromatic heterocycles. The molecular formula is C20H20ClN3O2. The fraction of sp³-hybridized carbons (Fsp3) is 0.250. The van der Waals surface area contributed by atoms with Gasteiger partial charge in [-0.1, -0.05) is 11.6 Å². The van der Waals surface area contributed by atoms with Gasteiger partial charge in [-0.25, -0.2) is 0 Å². The third kappa shape index (κ3) is 3.46. The molecule has 0 bridgehead atoms. The Labute approximate surface area is 157 Å². The molecule has 0 saturated carbocycles. The largest absolute Gasteiger partial charge is 0.633 e. The Morgan fingerprint density at radius 3 is 2.73 bits per heavy atom. The van der Waals surface area contributed by atoms with E-state index < -0.39 is 0 Å². The van der Waals surface area contributed by atoms with Crippen LogP contribution in [0.15, 0.2) is 48.7 Å². The number of rotatable bonds is 4. The number of halogens is 1. The summed E-state index contributed by atoms with van der Waals surface area (Å²) in [6.45, 7) is 1.54. The molecule has 26 heavy (non-hydrogen) atoms. The minimum Gasteiger partial charge on any atom is -0.633 e. The average molecular weight is 370 g/mol. The Morgan fingerprint density at radius 2 is 1.92 bits per heavy atom. The first kappa shape index (κ1) is 17.1. The lowest BCUT2D eigenvalue weighted by atomic mass is 10.1. The number of hydrogen-bond acceptors (Lipinski definition) is 4. The van der Waals surface area contributed by atoms with Crippen LogP contribution in [-0.2, 0) is 6.54 Å². The maximum atomic E-state index is 12.7. The van der Waals surface area contributed by atoms with Crippen LogP contribution in [0.1, 0.15) is 18.4 Å². The number of phenols is 1. The molecule has 0 atom stereocenters. The van der Waals surface area contributed by atoms with Crippen molar-refractivity contribution in [1.82, 2.24) is 4.98 Å². The Balaban J connectivity index is 1.64. The number of aromatic nitrogens is 1. The summed E-state index contributed by atoms with van der Waals surface area (Å²) in [5, 5.41) is 27.8. The standard InChI is InChI=1S/C20H20ClN3O2/c21-15-3-5-17-18(7-8-22-19(17)12-15)23-16-4-6-20(25)14(11-16)13-24(26)9-1-2-10-24/h3-8,11-12,25H,1-2,9-10,13H2,(H,22,23). The van der Waals surface area contributed by atoms with E-state index >= 15 is 0 Å². The Hall–Kier alpha value is -2.34. The molecule has 0 aliphatic carbocycles. The lowest BCUT2D eigenvalue weighted by Gasteiger charge is -2.38. The molecule has 2 N–H and O–H groups in total. The van der Waals surface area contributed by atoms with Crippen LogP contribution in [0.3, 0.4) is 0 Å². The minimum atomic E-state index is -0.256. The number of quaternary nitrogens is 1. The SMILES string of the molecule is [O-][N+]1(Cc2cc(Nc3ccnc4cc(Cl)ccc34)ccc2O)CCCC1. The molecular weight excluding hydrogens is 350 g/mol. The Morgan fingerprint density at radius 1 is 1.12 bits per heavy atom. The normalized spacial score (nSPS) is 16.1. The van der Waals surface area contributed by atoms with Gasteiger partial charge in [-0.2, -0.15) is 0 Å². The van der Waals surface area contributed by atoms with Crippen molar-refractivity contribution in [3.05, 3.63) is 64.5 Å². The number of hydroxylamine groups is 3. The van der Waals surface area contributed by atoms with Crippen LogP contribution < -0.4 is 5.32 Å². The van der Waals surface area contributed by atoms with Gasteiger partial charge in [0.2, 0.25) is 0 Å². The van der Waals surface area contributed by atoms with E-state index in [1.807, 2.05) is 30.3 Å². The molecule has 0 amide bonds. The number of phenolic OH excluding ortho intramolecular Hbond substituents is 1. The zero-order valence-electron chi connectivity index (χ0n) is 14.3. The van der Waals surface area contributed by atoms with Crippen molar-refractivity contribution < 1.29 is 9.75 Å². The first-order chi connectivity index (χ1) is 12.5. The van der Waals surface area contributed by atoms with Gasteiger partial charge in [-0.3, -0.25) is 4.98 Å². The van der Waals surface area contributed by atoms with E-state index in [2.05, 4.69) is 10.3 Å². The minimum absolute atomic E-state index is 0.169. The zero-order valence-corrected chi connectivity index (χ0v) is 15.0. The molecule has 1 aliphatic heterocycles. The number of nitrogens with zero attached hydrogens (tertiary/aromatic N) is 2. The first-order valence-corrected chi connectivity index (χ1v) is 9.11. The van der Waals surface area contributed by atoms with E-state index in [0.717, 1.165) is 35.1 Å². The van der Waals surface area contributed by atoms with Gasteiger partial charge in [-0.05, 0) is 42.5 Å². The van der Waals surface area contributed by atoms with Crippen molar-refractivity contribution in [3.63, 3.8) is 0 Å². The van der Waals surface area contributed by atoms with Crippen molar-refractivity contribution in [2.24, 2.45) is 0 Å². The van der Waals surface area contributed by atoms with Crippen LogP contribution in [0.2, 0.25) is 5.02 Å². The van der Waals surface area contributed by atoms with E-state index in [-0.39, 0.29) is 10.4 Å². The number of anilines is 2. The van der Waals surface area contributed by atoms with Crippen LogP contribution in [0, 0.1) is 5.21 Å². The predicted molar refractivity (Wildman–Crippen MR) is 104 cm³/mol. The number of aromatic hydroxyl groups is 1. The first-order valence-electron chi connectivity index (χ1n) is 8.73. The fourth-order valence-electron chi connectivity index (χ4n) is 3.56. The summed E-state index contributed by atoms with van der Waals surface area (Å²) in [6, 6.07) is 12.8. The highest BCUT2D eigenvalue weighted by molar-refractivity contribution is 6.31. The van der Waals surface area contributed by atoms with Gasteiger partial charge in [-0.15, -0.1) is 0 Å². The predicted octanol–water partition coefficient (Wildman–Crippen LogP) is 4.95. The highest BCUT2D eigenvalue weighted by Gasteiger charge is 2.24. The number of nitrogens with one attached hydrogen (secondary N) is 1. The molecule has 3 aromatic rings. The highest BCUT2D eigenvalue weighted by Crippen LogP contribution is 2.31. The van der Waals surface area contributed by atoms with Crippen LogP contribution >= 0.6 is 11.6 Å². The highest BCUT2D eigenvalue weighted by atomic mass is 35.5. The molecule has 1 aliphatic rings. The third-order valence-electron chi connectivity index (χ3n) is 4.90. The van der Waals surface area contributed by atoms with Gasteiger partial charge in [0, 0.05) is 40.8 Å². The van der Waals surface area contributed by atoms with Gasteiger partial charge in [0.05, 0.1) is 24.2 Å². The Bertz CT molecular complexity index is 955. The number of likely N-dealkylation sites (tertiary alicyclic amines) is 1. The van der Waals surface area contributed by atoms with E-state index in [9.17, 15) is 10.3 Å². The monoisotopic (exact) mass is 369 g/mol. The van der Waals surface area contributed by atoms with Crippen LogP contribution in [-0.4, -0.2) is 27.8 Å². The van der Waals surface area contributed by atoms with Crippen LogP contribution in [0.25, 0.3) is 10.9 Å². The third-order valence-corrected chi connectivity index (χ3v) is 5.14. The number of hydrogen-bond donors (Lipinski definition) is 2. The summed E-state index contributed by atoms with van der Waals surface area (Å²) >= 11 is 6.04. The number of fused-ring (bicyclic) bond motifs is 1. The van der Waals surface area contributed by atoms with Crippen LogP contribution in [0.4, 0.5) is 11.4 Å². The van der Waals surface area contributed by atoms with Gasteiger partial charge in [0.25, 0.3) is 0 Å². The molecule has 2 heterocycles. The molecule has 2 aromatic carbocycles. The lowest BCUT2D eigenvalue weighted by molar-refractivity contribution is -0.881. The second kappa shape index (κ2) is 6.76. The molecule has 1 saturated heterocycles. The topological polar surface area (TPSA) is 68.2 Å². The summed E-state index contributed by atoms with van der Waals surface area (Å²) in [5.74, 6) is 0.169. The summed E-state index contributed by atoms with van der Waals surface area (Å²) in [7, 11) is 0. The molecule has 5 nitrogen and oxygen atoms in total. The van der Waals surface area contributed by atoms with Crippen molar-refractivity contribution >= 4 is 33.9 Å². The van der Waals surface area contributed by atoms with Crippen LogP contribution in [0.5, 0.6) is 5.75 Å². The molecule has 0 radical (unpaired) electrons. The summed E-state index contributed by atoms with van der Waals surface area (Å²) in [5.41, 5.74) is 3.21. The molecule has 6 heteroatoms. The van der Waals surface area contributed by atoms with E-state index in [4.69, 9.17) is 11.6 Å². The molecule has 0 unspecified atom stereocenters. The zero-order chi connectivity index (χ0) is 18.1. The van der Waals surface area contributed by atoms with Gasteiger partial charge >= 0.3 is 0 Å². The van der Waals surface area contributed by atoms with E-state index in [0.29, 0.717) is 30.2 Å². The summed E-state index contributed by atoms with van der Waals surface area (Å²) < 4.78 is -0.256. The molecule has 1 fully saturated rings. The van der Waals surface area contributed by atoms with Gasteiger partial charge in [0.1, 0.15) is 12.3 Å². The maximum Gasteiger partial charge on any atom is 0.124 e.